The minimum Gasteiger partial charge on any atom is -0.399 e. The predicted octanol–water partition coefficient (Wildman–Crippen LogP) is 3.35. The molecule has 0 fully saturated rings. The highest BCUT2D eigenvalue weighted by Crippen LogP contribution is 2.23. The van der Waals surface area contributed by atoms with Crippen LogP contribution in [-0.2, 0) is 0 Å². The summed E-state index contributed by atoms with van der Waals surface area (Å²) in [6, 6.07) is 8.52. The van der Waals surface area contributed by atoms with Crippen LogP contribution in [0.5, 0.6) is 0 Å². The second-order valence-electron chi connectivity index (χ2n) is 5.84. The Kier molecular flexibility index (Phi) is 5.39. The topological polar surface area (TPSA) is 54.2 Å². The highest BCUT2D eigenvalue weighted by Gasteiger charge is 2.03. The lowest BCUT2D eigenvalue weighted by Gasteiger charge is -2.20. The van der Waals surface area contributed by atoms with Gasteiger partial charge in [0.25, 0.3) is 0 Å². The number of anilines is 2. The third-order valence-electron chi connectivity index (χ3n) is 3.90. The second-order valence-corrected chi connectivity index (χ2v) is 5.84. The fourth-order valence-electron chi connectivity index (χ4n) is 2.29. The Morgan fingerprint density at radius 3 is 2.81 bits per heavy atom. The van der Waals surface area contributed by atoms with Gasteiger partial charge in [-0.05, 0) is 64.5 Å². The van der Waals surface area contributed by atoms with Crippen LogP contribution in [0.3, 0.4) is 0 Å². The lowest BCUT2D eigenvalue weighted by atomic mass is 10.1. The molecule has 0 saturated heterocycles. The van der Waals surface area contributed by atoms with Gasteiger partial charge in [0.1, 0.15) is 0 Å². The van der Waals surface area contributed by atoms with Crippen LogP contribution in [0.2, 0.25) is 0 Å². The molecule has 4 heteroatoms. The van der Waals surface area contributed by atoms with Crippen molar-refractivity contribution in [1.82, 2.24) is 9.88 Å². The monoisotopic (exact) mass is 286 g/mol. The van der Waals surface area contributed by atoms with E-state index in [0.29, 0.717) is 6.04 Å². The molecule has 3 N–H and O–H groups in total. The number of benzene rings is 1. The summed E-state index contributed by atoms with van der Waals surface area (Å²) in [6.07, 6.45) is 4.20. The van der Waals surface area contributed by atoms with Crippen molar-refractivity contribution < 1.29 is 0 Å². The van der Waals surface area contributed by atoms with Gasteiger partial charge >= 0.3 is 0 Å². The number of pyridine rings is 1. The lowest BCUT2D eigenvalue weighted by molar-refractivity contribution is 0.269. The number of aromatic nitrogens is 1. The molecule has 0 radical (unpaired) electrons. The van der Waals surface area contributed by atoms with Crippen LogP contribution >= 0.6 is 0 Å². The van der Waals surface area contributed by atoms with Gasteiger partial charge < -0.3 is 16.0 Å². The summed E-state index contributed by atoms with van der Waals surface area (Å²) in [5.41, 5.74) is 8.64. The van der Waals surface area contributed by atoms with Gasteiger partial charge in [-0.3, -0.25) is 4.98 Å². The Balaban J connectivity index is 1.86. The van der Waals surface area contributed by atoms with Crippen LogP contribution in [0, 0.1) is 0 Å². The van der Waals surface area contributed by atoms with E-state index < -0.39 is 0 Å². The maximum atomic E-state index is 5.80. The first-order valence-corrected chi connectivity index (χ1v) is 7.66. The second kappa shape index (κ2) is 7.27. The van der Waals surface area contributed by atoms with Crippen molar-refractivity contribution >= 4 is 22.3 Å². The first-order chi connectivity index (χ1) is 10.1. The van der Waals surface area contributed by atoms with Crippen LogP contribution in [0.15, 0.2) is 30.5 Å². The molecule has 1 aromatic carbocycles. The highest BCUT2D eigenvalue weighted by atomic mass is 15.1. The van der Waals surface area contributed by atoms with E-state index >= 15 is 0 Å². The fraction of sp³-hybridized carbons (Fsp3) is 0.471. The Hall–Kier alpha value is -1.81. The molecule has 21 heavy (non-hydrogen) atoms. The van der Waals surface area contributed by atoms with Crippen molar-refractivity contribution in [2.24, 2.45) is 0 Å². The van der Waals surface area contributed by atoms with Crippen LogP contribution in [-0.4, -0.2) is 36.1 Å². The molecule has 0 spiro atoms. The van der Waals surface area contributed by atoms with E-state index in [1.165, 1.54) is 6.42 Å². The number of nitrogens with one attached hydrogen (secondary N) is 1. The lowest BCUT2D eigenvalue weighted by Crippen LogP contribution is -2.27. The quantitative estimate of drug-likeness (QED) is 0.605. The Morgan fingerprint density at radius 2 is 2.05 bits per heavy atom. The van der Waals surface area contributed by atoms with Crippen molar-refractivity contribution in [2.75, 3.05) is 31.2 Å². The number of fused-ring (bicyclic) bond motifs is 1. The van der Waals surface area contributed by atoms with Crippen molar-refractivity contribution in [3.05, 3.63) is 30.5 Å². The number of rotatable bonds is 7. The van der Waals surface area contributed by atoms with Crippen LogP contribution < -0.4 is 11.1 Å². The molecule has 0 aliphatic carbocycles. The molecular weight excluding hydrogens is 260 g/mol. The van der Waals surface area contributed by atoms with E-state index in [1.807, 2.05) is 30.5 Å². The molecule has 114 valence electrons. The van der Waals surface area contributed by atoms with Gasteiger partial charge in [0, 0.05) is 35.5 Å². The normalized spacial score (nSPS) is 11.5. The average Bonchev–Trinajstić information content (AvgIpc) is 2.46. The zero-order valence-corrected chi connectivity index (χ0v) is 13.3. The molecule has 0 amide bonds. The third-order valence-corrected chi connectivity index (χ3v) is 3.90. The zero-order chi connectivity index (χ0) is 15.2. The maximum Gasteiger partial charge on any atom is 0.0743 e. The molecule has 0 unspecified atom stereocenters. The van der Waals surface area contributed by atoms with Gasteiger partial charge in [-0.25, -0.2) is 0 Å². The number of unbranched alkanes of at least 4 members (excludes halogenated alkanes) is 1. The first-order valence-electron chi connectivity index (χ1n) is 7.66. The Labute approximate surface area is 127 Å². The first kappa shape index (κ1) is 15.6. The van der Waals surface area contributed by atoms with E-state index in [-0.39, 0.29) is 0 Å². The average molecular weight is 286 g/mol. The maximum absolute atomic E-state index is 5.80. The Morgan fingerprint density at radius 1 is 1.24 bits per heavy atom. The molecule has 1 aromatic heterocycles. The smallest absolute Gasteiger partial charge is 0.0743 e. The van der Waals surface area contributed by atoms with E-state index in [4.69, 9.17) is 5.73 Å². The zero-order valence-electron chi connectivity index (χ0n) is 13.3. The van der Waals surface area contributed by atoms with Crippen molar-refractivity contribution in [3.8, 4) is 0 Å². The van der Waals surface area contributed by atoms with E-state index in [1.54, 1.807) is 0 Å². The van der Waals surface area contributed by atoms with E-state index in [0.717, 1.165) is 41.8 Å². The van der Waals surface area contributed by atoms with Gasteiger partial charge in [-0.2, -0.15) is 0 Å². The van der Waals surface area contributed by atoms with Gasteiger partial charge in [-0.15, -0.1) is 0 Å². The molecule has 2 rings (SSSR count). The summed E-state index contributed by atoms with van der Waals surface area (Å²) in [6.45, 7) is 6.59. The van der Waals surface area contributed by atoms with Crippen molar-refractivity contribution in [2.45, 2.75) is 32.7 Å². The highest BCUT2D eigenvalue weighted by molar-refractivity contribution is 5.92. The van der Waals surface area contributed by atoms with Gasteiger partial charge in [-0.1, -0.05) is 0 Å². The van der Waals surface area contributed by atoms with Gasteiger partial charge in [0.05, 0.1) is 5.52 Å². The summed E-state index contributed by atoms with van der Waals surface area (Å²) in [5, 5.41) is 4.64. The number of hydrogen-bond acceptors (Lipinski definition) is 4. The van der Waals surface area contributed by atoms with Gasteiger partial charge in [0.2, 0.25) is 0 Å². The van der Waals surface area contributed by atoms with Gasteiger partial charge in [0.15, 0.2) is 0 Å². The van der Waals surface area contributed by atoms with Crippen LogP contribution in [0.4, 0.5) is 11.4 Å². The molecule has 0 saturated carbocycles. The summed E-state index contributed by atoms with van der Waals surface area (Å²) < 4.78 is 0. The number of nitrogen functional groups attached to an aromatic ring is 1. The van der Waals surface area contributed by atoms with Crippen molar-refractivity contribution in [1.29, 1.82) is 0 Å². The molecular formula is C17H26N4. The summed E-state index contributed by atoms with van der Waals surface area (Å²) in [4.78, 5) is 6.74. The number of nitrogens with two attached hydrogens (primary N) is 1. The summed E-state index contributed by atoms with van der Waals surface area (Å²) in [5.74, 6) is 0. The molecule has 0 aliphatic rings. The van der Waals surface area contributed by atoms with Crippen molar-refractivity contribution in [3.63, 3.8) is 0 Å². The van der Waals surface area contributed by atoms with E-state index in [2.05, 4.69) is 36.1 Å². The standard InChI is InChI=1S/C17H26N4/c1-13(2)21(3)11-5-4-9-19-16-8-10-20-17-12-14(18)6-7-15(16)17/h6-8,10,12-13H,4-5,9,11,18H2,1-3H3,(H,19,20). The summed E-state index contributed by atoms with van der Waals surface area (Å²) in [7, 11) is 2.18. The minimum absolute atomic E-state index is 0.618. The minimum atomic E-state index is 0.618. The number of hydrogen-bond donors (Lipinski definition) is 2. The van der Waals surface area contributed by atoms with Crippen LogP contribution in [0.25, 0.3) is 10.9 Å². The molecule has 0 atom stereocenters. The Bertz CT molecular complexity index is 580. The predicted molar refractivity (Wildman–Crippen MR) is 91.6 cm³/mol. The number of nitrogens with zero attached hydrogens (tertiary/aromatic N) is 2. The molecule has 1 heterocycles. The summed E-state index contributed by atoms with van der Waals surface area (Å²) >= 11 is 0. The molecule has 0 bridgehead atoms. The third kappa shape index (κ3) is 4.33. The van der Waals surface area contributed by atoms with Crippen LogP contribution in [0.1, 0.15) is 26.7 Å². The molecule has 4 nitrogen and oxygen atoms in total. The van der Waals surface area contributed by atoms with E-state index in [9.17, 15) is 0 Å². The molecule has 0 aliphatic heterocycles. The largest absolute Gasteiger partial charge is 0.399 e. The fourth-order valence-corrected chi connectivity index (χ4v) is 2.29. The SMILES string of the molecule is CC(C)N(C)CCCCNc1ccnc2cc(N)ccc12. The molecule has 2 aromatic rings.